The van der Waals surface area contributed by atoms with Crippen LogP contribution in [0.3, 0.4) is 0 Å². The summed E-state index contributed by atoms with van der Waals surface area (Å²) in [6.07, 6.45) is -0.293. The second-order valence-corrected chi connectivity index (χ2v) is 3.24. The zero-order valence-corrected chi connectivity index (χ0v) is 7.84. The molecule has 2 N–H and O–H groups in total. The Labute approximate surface area is 85.6 Å². The molecule has 0 spiro atoms. The van der Waals surface area contributed by atoms with Gasteiger partial charge in [-0.3, -0.25) is 10.1 Å². The third-order valence-electron chi connectivity index (χ3n) is 2.19. The van der Waals surface area contributed by atoms with Gasteiger partial charge in [0, 0.05) is 12.1 Å². The molecule has 1 heterocycles. The second kappa shape index (κ2) is 3.74. The lowest BCUT2D eigenvalue weighted by Gasteiger charge is -2.25. The van der Waals surface area contributed by atoms with Crippen molar-refractivity contribution in [2.24, 2.45) is 0 Å². The molecule has 0 saturated carbocycles. The summed E-state index contributed by atoms with van der Waals surface area (Å²) in [5, 5.41) is 22.4. The van der Waals surface area contributed by atoms with Crippen LogP contribution in [0.4, 0.5) is 11.4 Å². The number of ether oxygens (including phenoxy) is 1. The number of aliphatic hydroxyl groups excluding tert-OH is 1. The van der Waals surface area contributed by atoms with Gasteiger partial charge in [-0.1, -0.05) is 0 Å². The quantitative estimate of drug-likeness (QED) is 0.556. The van der Waals surface area contributed by atoms with Gasteiger partial charge in [0.2, 0.25) is 0 Å². The largest absolute Gasteiger partial charge is 0.484 e. The molecule has 1 aromatic carbocycles. The van der Waals surface area contributed by atoms with Gasteiger partial charge in [0.25, 0.3) is 5.69 Å². The zero-order valence-electron chi connectivity index (χ0n) is 7.84. The summed E-state index contributed by atoms with van der Waals surface area (Å²) in [4.78, 5) is 10.0. The number of nitro groups is 1. The molecule has 0 aromatic heterocycles. The fourth-order valence-corrected chi connectivity index (χ4v) is 1.42. The van der Waals surface area contributed by atoms with E-state index < -0.39 is 4.92 Å². The van der Waals surface area contributed by atoms with Crippen LogP contribution < -0.4 is 10.1 Å². The molecule has 1 aliphatic rings. The monoisotopic (exact) mass is 210 g/mol. The number of non-ortho nitro benzene ring substituents is 1. The van der Waals surface area contributed by atoms with Crippen molar-refractivity contribution in [2.45, 2.75) is 6.10 Å². The normalized spacial score (nSPS) is 18.6. The van der Waals surface area contributed by atoms with E-state index in [1.54, 1.807) is 0 Å². The van der Waals surface area contributed by atoms with E-state index >= 15 is 0 Å². The molecular weight excluding hydrogens is 200 g/mol. The van der Waals surface area contributed by atoms with Gasteiger partial charge in [0.1, 0.15) is 11.9 Å². The maximum absolute atomic E-state index is 10.5. The maximum atomic E-state index is 10.5. The van der Waals surface area contributed by atoms with Gasteiger partial charge < -0.3 is 15.2 Å². The summed E-state index contributed by atoms with van der Waals surface area (Å²) < 4.78 is 5.38. The van der Waals surface area contributed by atoms with E-state index in [0.29, 0.717) is 18.0 Å². The first-order valence-corrected chi connectivity index (χ1v) is 4.50. The molecular formula is C9H10N2O4. The number of anilines is 1. The van der Waals surface area contributed by atoms with Gasteiger partial charge in [0.05, 0.1) is 23.8 Å². The first-order valence-electron chi connectivity index (χ1n) is 4.50. The highest BCUT2D eigenvalue weighted by Crippen LogP contribution is 2.32. The van der Waals surface area contributed by atoms with Crippen LogP contribution in [-0.4, -0.2) is 29.3 Å². The van der Waals surface area contributed by atoms with E-state index in [-0.39, 0.29) is 18.4 Å². The standard InChI is InChI=1S/C9H10N2O4/c12-5-7-4-10-8-3-6(11(13)14)1-2-9(8)15-7/h1-3,7,10,12H,4-5H2. The molecule has 0 fully saturated rings. The molecule has 0 amide bonds. The van der Waals surface area contributed by atoms with Crippen molar-refractivity contribution >= 4 is 11.4 Å². The Morgan fingerprint density at radius 1 is 1.67 bits per heavy atom. The van der Waals surface area contributed by atoms with Crippen LogP contribution in [-0.2, 0) is 0 Å². The molecule has 1 aliphatic heterocycles. The average molecular weight is 210 g/mol. The number of hydrogen-bond donors (Lipinski definition) is 2. The van der Waals surface area contributed by atoms with Crippen LogP contribution in [0.2, 0.25) is 0 Å². The SMILES string of the molecule is O=[N+]([O-])c1ccc2c(c1)NCC(CO)O2. The number of aliphatic hydroxyl groups is 1. The van der Waals surface area contributed by atoms with Crippen molar-refractivity contribution in [3.05, 3.63) is 28.3 Å². The molecule has 1 aromatic rings. The minimum absolute atomic E-state index is 0.0206. The molecule has 6 nitrogen and oxygen atoms in total. The molecule has 0 bridgehead atoms. The molecule has 0 radical (unpaired) electrons. The fourth-order valence-electron chi connectivity index (χ4n) is 1.42. The van der Waals surface area contributed by atoms with Crippen molar-refractivity contribution in [1.82, 2.24) is 0 Å². The van der Waals surface area contributed by atoms with Gasteiger partial charge in [-0.15, -0.1) is 0 Å². The minimum Gasteiger partial charge on any atom is -0.484 e. The number of rotatable bonds is 2. The van der Waals surface area contributed by atoms with Crippen LogP contribution in [0.1, 0.15) is 0 Å². The summed E-state index contributed by atoms with van der Waals surface area (Å²) >= 11 is 0. The van der Waals surface area contributed by atoms with Crippen molar-refractivity contribution in [3.8, 4) is 5.75 Å². The van der Waals surface area contributed by atoms with E-state index in [4.69, 9.17) is 9.84 Å². The number of hydrogen-bond acceptors (Lipinski definition) is 5. The predicted molar refractivity (Wildman–Crippen MR) is 53.1 cm³/mol. The fraction of sp³-hybridized carbons (Fsp3) is 0.333. The van der Waals surface area contributed by atoms with E-state index in [9.17, 15) is 10.1 Å². The Bertz CT molecular complexity index is 394. The molecule has 0 aliphatic carbocycles. The Morgan fingerprint density at radius 3 is 3.13 bits per heavy atom. The van der Waals surface area contributed by atoms with Gasteiger partial charge in [0.15, 0.2) is 0 Å². The molecule has 1 atom stereocenters. The number of nitrogens with zero attached hydrogens (tertiary/aromatic N) is 1. The highest BCUT2D eigenvalue weighted by Gasteiger charge is 2.20. The van der Waals surface area contributed by atoms with E-state index in [1.807, 2.05) is 0 Å². The third kappa shape index (κ3) is 1.84. The third-order valence-corrected chi connectivity index (χ3v) is 2.19. The van der Waals surface area contributed by atoms with Crippen molar-refractivity contribution < 1.29 is 14.8 Å². The van der Waals surface area contributed by atoms with Crippen LogP contribution >= 0.6 is 0 Å². The first kappa shape index (κ1) is 9.72. The van der Waals surface area contributed by atoms with E-state index in [0.717, 1.165) is 0 Å². The topological polar surface area (TPSA) is 84.6 Å². The van der Waals surface area contributed by atoms with Crippen molar-refractivity contribution in [3.63, 3.8) is 0 Å². The number of nitrogens with one attached hydrogen (secondary N) is 1. The van der Waals surface area contributed by atoms with Crippen LogP contribution in [0.25, 0.3) is 0 Å². The van der Waals surface area contributed by atoms with Gasteiger partial charge in [-0.05, 0) is 6.07 Å². The molecule has 2 rings (SSSR count). The highest BCUT2D eigenvalue weighted by molar-refractivity contribution is 5.62. The Balaban J connectivity index is 2.28. The molecule has 0 saturated heterocycles. The molecule has 15 heavy (non-hydrogen) atoms. The van der Waals surface area contributed by atoms with Gasteiger partial charge >= 0.3 is 0 Å². The lowest BCUT2D eigenvalue weighted by atomic mass is 10.2. The summed E-state index contributed by atoms with van der Waals surface area (Å²) in [5.41, 5.74) is 0.612. The second-order valence-electron chi connectivity index (χ2n) is 3.24. The van der Waals surface area contributed by atoms with Crippen molar-refractivity contribution in [2.75, 3.05) is 18.5 Å². The number of nitro benzene ring substituents is 1. The summed E-state index contributed by atoms with van der Waals surface area (Å²) in [7, 11) is 0. The highest BCUT2D eigenvalue weighted by atomic mass is 16.6. The lowest BCUT2D eigenvalue weighted by Crippen LogP contribution is -2.33. The average Bonchev–Trinajstić information content (AvgIpc) is 2.27. The van der Waals surface area contributed by atoms with Crippen LogP contribution in [0.5, 0.6) is 5.75 Å². The van der Waals surface area contributed by atoms with E-state index in [1.165, 1.54) is 18.2 Å². The smallest absolute Gasteiger partial charge is 0.271 e. The van der Waals surface area contributed by atoms with Crippen molar-refractivity contribution in [1.29, 1.82) is 0 Å². The number of fused-ring (bicyclic) bond motifs is 1. The zero-order chi connectivity index (χ0) is 10.8. The maximum Gasteiger partial charge on any atom is 0.271 e. The molecule has 1 unspecified atom stereocenters. The van der Waals surface area contributed by atoms with Crippen LogP contribution in [0, 0.1) is 10.1 Å². The van der Waals surface area contributed by atoms with Crippen LogP contribution in [0.15, 0.2) is 18.2 Å². The number of benzene rings is 1. The molecule has 80 valence electrons. The minimum atomic E-state index is -0.458. The van der Waals surface area contributed by atoms with Gasteiger partial charge in [-0.2, -0.15) is 0 Å². The van der Waals surface area contributed by atoms with E-state index in [2.05, 4.69) is 5.32 Å². The lowest BCUT2D eigenvalue weighted by molar-refractivity contribution is -0.384. The molecule has 6 heteroatoms. The summed E-state index contributed by atoms with van der Waals surface area (Å²) in [6, 6.07) is 4.32. The predicted octanol–water partition coefficient (Wildman–Crippen LogP) is 0.760. The Hall–Kier alpha value is -1.82. The van der Waals surface area contributed by atoms with Gasteiger partial charge in [-0.25, -0.2) is 0 Å². The Kier molecular flexibility index (Phi) is 2.42. The Morgan fingerprint density at radius 2 is 2.47 bits per heavy atom. The first-order chi connectivity index (χ1) is 7.20. The summed E-state index contributed by atoms with van der Waals surface area (Å²) in [6.45, 7) is 0.369. The summed E-state index contributed by atoms with van der Waals surface area (Å²) in [5.74, 6) is 0.533.